The van der Waals surface area contributed by atoms with Crippen LogP contribution in [0.4, 0.5) is 13.2 Å². The van der Waals surface area contributed by atoms with Gasteiger partial charge < -0.3 is 4.98 Å². The molecular formula is C9H9F3N2O3S. The van der Waals surface area contributed by atoms with Gasteiger partial charge in [0.1, 0.15) is 5.54 Å². The Bertz CT molecular complexity index is 596. The molecule has 9 heteroatoms. The fraction of sp³-hybridized carbons (Fsp3) is 0.444. The molecule has 18 heavy (non-hydrogen) atoms. The van der Waals surface area contributed by atoms with Gasteiger partial charge >= 0.3 is 6.18 Å². The SMILES string of the molecule is O=c1ccc(S(=O)(=O)NC2(C(F)(F)F)CC2)c[nH]1. The first kappa shape index (κ1) is 13.1. The van der Waals surface area contributed by atoms with Gasteiger partial charge in [0, 0.05) is 12.3 Å². The summed E-state index contributed by atoms with van der Waals surface area (Å²) in [6.07, 6.45) is -4.32. The average molecular weight is 282 g/mol. The Hall–Kier alpha value is -1.35. The number of nitrogens with one attached hydrogen (secondary N) is 2. The molecule has 0 spiro atoms. The zero-order valence-corrected chi connectivity index (χ0v) is 9.73. The van der Waals surface area contributed by atoms with Crippen LogP contribution in [0.5, 0.6) is 0 Å². The monoisotopic (exact) mass is 282 g/mol. The molecule has 0 unspecified atom stereocenters. The van der Waals surface area contributed by atoms with E-state index in [2.05, 4.69) is 4.98 Å². The molecule has 0 radical (unpaired) electrons. The minimum Gasteiger partial charge on any atom is -0.328 e. The zero-order valence-electron chi connectivity index (χ0n) is 8.91. The molecule has 1 aromatic heterocycles. The summed E-state index contributed by atoms with van der Waals surface area (Å²) in [4.78, 5) is 12.4. The lowest BCUT2D eigenvalue weighted by Crippen LogP contribution is -2.47. The number of hydrogen-bond acceptors (Lipinski definition) is 3. The summed E-state index contributed by atoms with van der Waals surface area (Å²) in [6, 6.07) is 1.88. The van der Waals surface area contributed by atoms with Gasteiger partial charge in [0.2, 0.25) is 15.6 Å². The largest absolute Gasteiger partial charge is 0.407 e. The van der Waals surface area contributed by atoms with Crippen LogP contribution in [0.3, 0.4) is 0 Å². The third-order valence-corrected chi connectivity index (χ3v) is 4.22. The lowest BCUT2D eigenvalue weighted by atomic mass is 10.3. The van der Waals surface area contributed by atoms with Crippen LogP contribution in [0.1, 0.15) is 12.8 Å². The zero-order chi connectivity index (χ0) is 13.6. The van der Waals surface area contributed by atoms with Crippen molar-refractivity contribution < 1.29 is 21.6 Å². The Kier molecular flexibility index (Phi) is 2.78. The van der Waals surface area contributed by atoms with E-state index in [4.69, 9.17) is 0 Å². The molecule has 1 aliphatic carbocycles. The second kappa shape index (κ2) is 3.82. The van der Waals surface area contributed by atoms with E-state index in [-0.39, 0.29) is 12.8 Å². The van der Waals surface area contributed by atoms with Gasteiger partial charge in [0.25, 0.3) is 0 Å². The normalized spacial score (nSPS) is 18.6. The van der Waals surface area contributed by atoms with E-state index in [0.717, 1.165) is 18.3 Å². The summed E-state index contributed by atoms with van der Waals surface area (Å²) in [5.74, 6) is 0. The van der Waals surface area contributed by atoms with Crippen LogP contribution in [0.25, 0.3) is 0 Å². The minimum absolute atomic E-state index is 0.279. The maximum atomic E-state index is 12.6. The van der Waals surface area contributed by atoms with Crippen LogP contribution in [0.15, 0.2) is 28.0 Å². The molecule has 0 aliphatic heterocycles. The van der Waals surface area contributed by atoms with E-state index >= 15 is 0 Å². The molecule has 5 nitrogen and oxygen atoms in total. The number of halogens is 3. The first-order chi connectivity index (χ1) is 8.16. The number of alkyl halides is 3. The first-order valence-electron chi connectivity index (χ1n) is 4.96. The van der Waals surface area contributed by atoms with Crippen molar-refractivity contribution in [2.24, 2.45) is 0 Å². The van der Waals surface area contributed by atoms with Crippen LogP contribution in [-0.4, -0.2) is 25.1 Å². The second-order valence-electron chi connectivity index (χ2n) is 4.07. The van der Waals surface area contributed by atoms with Gasteiger partial charge in [0.05, 0.1) is 4.90 Å². The molecule has 1 saturated carbocycles. The van der Waals surface area contributed by atoms with Crippen molar-refractivity contribution in [1.29, 1.82) is 0 Å². The Balaban J connectivity index is 2.29. The summed E-state index contributed by atoms with van der Waals surface area (Å²) < 4.78 is 62.9. The second-order valence-corrected chi connectivity index (χ2v) is 5.76. The molecule has 0 saturated heterocycles. The van der Waals surface area contributed by atoms with Crippen LogP contribution in [-0.2, 0) is 10.0 Å². The number of pyridine rings is 1. The van der Waals surface area contributed by atoms with Gasteiger partial charge in [0.15, 0.2) is 0 Å². The number of sulfonamides is 1. The van der Waals surface area contributed by atoms with Crippen molar-refractivity contribution in [3.05, 3.63) is 28.7 Å². The highest BCUT2D eigenvalue weighted by atomic mass is 32.2. The molecule has 2 N–H and O–H groups in total. The van der Waals surface area contributed by atoms with Gasteiger partial charge in [-0.25, -0.2) is 8.42 Å². The molecule has 0 aromatic carbocycles. The van der Waals surface area contributed by atoms with Crippen LogP contribution in [0.2, 0.25) is 0 Å². The summed E-state index contributed by atoms with van der Waals surface area (Å²) in [7, 11) is -4.30. The molecular weight excluding hydrogens is 273 g/mol. The molecule has 2 rings (SSSR count). The van der Waals surface area contributed by atoms with Crippen molar-refractivity contribution in [1.82, 2.24) is 9.71 Å². The van der Waals surface area contributed by atoms with Crippen LogP contribution >= 0.6 is 0 Å². The summed E-state index contributed by atoms with van der Waals surface area (Å²) in [6.45, 7) is 0. The number of aromatic nitrogens is 1. The molecule has 0 atom stereocenters. The van der Waals surface area contributed by atoms with Crippen molar-refractivity contribution in [2.75, 3.05) is 0 Å². The Morgan fingerprint density at radius 1 is 1.28 bits per heavy atom. The number of H-pyrrole nitrogens is 1. The van der Waals surface area contributed by atoms with Gasteiger partial charge in [-0.3, -0.25) is 4.79 Å². The van der Waals surface area contributed by atoms with Crippen molar-refractivity contribution in [3.63, 3.8) is 0 Å². The fourth-order valence-electron chi connectivity index (χ4n) is 1.45. The molecule has 100 valence electrons. The smallest absolute Gasteiger partial charge is 0.328 e. The van der Waals surface area contributed by atoms with E-state index in [0.29, 0.717) is 0 Å². The van der Waals surface area contributed by atoms with E-state index in [1.807, 2.05) is 0 Å². The topological polar surface area (TPSA) is 79.0 Å². The predicted octanol–water partition coefficient (Wildman–Crippen LogP) is 0.748. The lowest BCUT2D eigenvalue weighted by Gasteiger charge is -2.20. The molecule has 0 amide bonds. The number of rotatable bonds is 3. The predicted molar refractivity (Wildman–Crippen MR) is 55.4 cm³/mol. The molecule has 1 heterocycles. The maximum absolute atomic E-state index is 12.6. The average Bonchev–Trinajstić information content (AvgIpc) is 2.97. The Morgan fingerprint density at radius 2 is 1.89 bits per heavy atom. The third kappa shape index (κ3) is 2.27. The Labute approximate surface area is 100 Å². The molecule has 1 aliphatic rings. The number of aromatic amines is 1. The number of hydrogen-bond donors (Lipinski definition) is 2. The maximum Gasteiger partial charge on any atom is 0.407 e. The van der Waals surface area contributed by atoms with Crippen LogP contribution < -0.4 is 10.3 Å². The lowest BCUT2D eigenvalue weighted by molar-refractivity contribution is -0.160. The molecule has 1 fully saturated rings. The molecule has 0 bridgehead atoms. The van der Waals surface area contributed by atoms with E-state index in [1.165, 1.54) is 0 Å². The van der Waals surface area contributed by atoms with Gasteiger partial charge in [-0.05, 0) is 18.9 Å². The van der Waals surface area contributed by atoms with E-state index in [1.54, 1.807) is 4.72 Å². The van der Waals surface area contributed by atoms with Gasteiger partial charge in [-0.2, -0.15) is 17.9 Å². The summed E-state index contributed by atoms with van der Waals surface area (Å²) >= 11 is 0. The quantitative estimate of drug-likeness (QED) is 0.858. The summed E-state index contributed by atoms with van der Waals surface area (Å²) in [5.41, 5.74) is -2.90. The highest BCUT2D eigenvalue weighted by Gasteiger charge is 2.65. The van der Waals surface area contributed by atoms with E-state index in [9.17, 15) is 26.4 Å². The van der Waals surface area contributed by atoms with Crippen LogP contribution in [0, 0.1) is 0 Å². The Morgan fingerprint density at radius 3 is 2.28 bits per heavy atom. The standard InChI is InChI=1S/C9H9F3N2O3S/c10-9(11,12)8(3-4-8)14-18(16,17)6-1-2-7(15)13-5-6/h1-2,5,14H,3-4H2,(H,13,15). The minimum atomic E-state index is -4.62. The van der Waals surface area contributed by atoms with Crippen molar-refractivity contribution >= 4 is 10.0 Å². The molecule has 1 aromatic rings. The highest BCUT2D eigenvalue weighted by Crippen LogP contribution is 2.49. The summed E-state index contributed by atoms with van der Waals surface area (Å²) in [5, 5.41) is 0. The van der Waals surface area contributed by atoms with Gasteiger partial charge in [-0.15, -0.1) is 0 Å². The van der Waals surface area contributed by atoms with Gasteiger partial charge in [-0.1, -0.05) is 0 Å². The third-order valence-electron chi connectivity index (χ3n) is 2.69. The highest BCUT2D eigenvalue weighted by molar-refractivity contribution is 7.89. The van der Waals surface area contributed by atoms with E-state index < -0.39 is 32.2 Å². The van der Waals surface area contributed by atoms with Crippen molar-refractivity contribution in [2.45, 2.75) is 29.5 Å². The fourth-order valence-corrected chi connectivity index (χ4v) is 2.86. The first-order valence-corrected chi connectivity index (χ1v) is 6.44. The van der Waals surface area contributed by atoms with Crippen molar-refractivity contribution in [3.8, 4) is 0 Å².